The third-order valence-corrected chi connectivity index (χ3v) is 4.93. The van der Waals surface area contributed by atoms with E-state index in [9.17, 15) is 22.4 Å². The van der Waals surface area contributed by atoms with Crippen LogP contribution in [0.5, 0.6) is 0 Å². The van der Waals surface area contributed by atoms with Gasteiger partial charge in [-0.25, -0.2) is 17.9 Å². The van der Waals surface area contributed by atoms with Crippen LogP contribution in [0.1, 0.15) is 20.7 Å². The van der Waals surface area contributed by atoms with Crippen molar-refractivity contribution in [2.75, 3.05) is 13.1 Å². The van der Waals surface area contributed by atoms with E-state index in [0.717, 1.165) is 6.07 Å². The molecule has 138 valence electrons. The first-order chi connectivity index (χ1) is 12.2. The molecule has 26 heavy (non-hydrogen) atoms. The number of nitrogens with two attached hydrogens (primary N) is 1. The molecule has 0 saturated carbocycles. The van der Waals surface area contributed by atoms with Gasteiger partial charge in [-0.3, -0.25) is 9.59 Å². The molecule has 10 heteroatoms. The number of carbonyl (C=O) groups excluding carboxylic acids is 2. The van der Waals surface area contributed by atoms with Crippen LogP contribution in [0.3, 0.4) is 0 Å². The topological polar surface area (TPSA) is 118 Å². The Labute approximate surface area is 158 Å². The first kappa shape index (κ1) is 20.0. The molecule has 2 aromatic rings. The molecule has 0 aliphatic rings. The highest BCUT2D eigenvalue weighted by Crippen LogP contribution is 2.20. The van der Waals surface area contributed by atoms with E-state index in [4.69, 9.17) is 5.14 Å². The van der Waals surface area contributed by atoms with Crippen molar-refractivity contribution in [1.82, 2.24) is 10.6 Å². The third-order valence-electron chi connectivity index (χ3n) is 3.33. The minimum atomic E-state index is -3.94. The minimum absolute atomic E-state index is 0.0606. The molecular formula is C16H15BrFN3O4S. The average molecular weight is 444 g/mol. The molecule has 2 aromatic carbocycles. The summed E-state index contributed by atoms with van der Waals surface area (Å²) in [5, 5.41) is 10.0. The summed E-state index contributed by atoms with van der Waals surface area (Å²) in [6.45, 7) is 0.122. The molecule has 0 aromatic heterocycles. The van der Waals surface area contributed by atoms with Crippen LogP contribution in [-0.2, 0) is 10.0 Å². The van der Waals surface area contributed by atoms with Crippen LogP contribution in [0.2, 0.25) is 0 Å². The first-order valence-electron chi connectivity index (χ1n) is 7.33. The molecule has 0 aliphatic carbocycles. The molecule has 0 fully saturated rings. The molecule has 0 spiro atoms. The Bertz CT molecular complexity index is 950. The van der Waals surface area contributed by atoms with Gasteiger partial charge in [-0.1, -0.05) is 12.1 Å². The maximum Gasteiger partial charge on any atom is 0.254 e. The number of rotatable bonds is 6. The molecular weight excluding hydrogens is 429 g/mol. The van der Waals surface area contributed by atoms with Gasteiger partial charge in [-0.2, -0.15) is 0 Å². The van der Waals surface area contributed by atoms with Crippen LogP contribution in [0.25, 0.3) is 0 Å². The van der Waals surface area contributed by atoms with Gasteiger partial charge in [0.25, 0.3) is 11.8 Å². The number of primary sulfonamides is 1. The molecule has 0 atom stereocenters. The van der Waals surface area contributed by atoms with E-state index < -0.39 is 27.7 Å². The van der Waals surface area contributed by atoms with Crippen LogP contribution in [0.4, 0.5) is 4.39 Å². The van der Waals surface area contributed by atoms with Gasteiger partial charge in [0.1, 0.15) is 5.82 Å². The number of halogens is 2. The van der Waals surface area contributed by atoms with Gasteiger partial charge in [0.05, 0.1) is 16.0 Å². The van der Waals surface area contributed by atoms with Crippen molar-refractivity contribution < 1.29 is 22.4 Å². The number of nitrogens with one attached hydrogen (secondary N) is 2. The fourth-order valence-corrected chi connectivity index (χ4v) is 3.01. The van der Waals surface area contributed by atoms with Crippen molar-refractivity contribution in [1.29, 1.82) is 0 Å². The average Bonchev–Trinajstić information content (AvgIpc) is 2.58. The largest absolute Gasteiger partial charge is 0.350 e. The zero-order valence-corrected chi connectivity index (χ0v) is 15.7. The second kappa shape index (κ2) is 8.39. The molecule has 0 bridgehead atoms. The quantitative estimate of drug-likeness (QED) is 0.584. The Kier molecular flexibility index (Phi) is 6.46. The van der Waals surface area contributed by atoms with Crippen molar-refractivity contribution in [3.63, 3.8) is 0 Å². The summed E-state index contributed by atoms with van der Waals surface area (Å²) in [6, 6.07) is 9.34. The molecule has 2 amide bonds. The highest BCUT2D eigenvalue weighted by Gasteiger charge is 2.15. The van der Waals surface area contributed by atoms with Gasteiger partial charge < -0.3 is 10.6 Å². The van der Waals surface area contributed by atoms with E-state index in [-0.39, 0.29) is 29.1 Å². The fourth-order valence-electron chi connectivity index (χ4n) is 2.04. The molecule has 0 radical (unpaired) electrons. The highest BCUT2D eigenvalue weighted by molar-refractivity contribution is 9.10. The zero-order valence-electron chi connectivity index (χ0n) is 13.3. The standard InChI is InChI=1S/C16H15BrFN3O4S/c17-13-6-5-10(26(19,24)25)9-12(13)16(23)21-8-7-20-15(22)11-3-1-2-4-14(11)18/h1-6,9H,7-8H2,(H,20,22)(H,21,23)(H2,19,24,25). The van der Waals surface area contributed by atoms with Crippen LogP contribution in [-0.4, -0.2) is 33.3 Å². The van der Waals surface area contributed by atoms with E-state index in [1.807, 2.05) is 0 Å². The maximum absolute atomic E-state index is 13.5. The number of amides is 2. The molecule has 0 saturated heterocycles. The third kappa shape index (κ3) is 5.10. The molecule has 0 unspecified atom stereocenters. The summed E-state index contributed by atoms with van der Waals surface area (Å²) >= 11 is 3.16. The van der Waals surface area contributed by atoms with Gasteiger partial charge in [0.15, 0.2) is 0 Å². The Morgan fingerprint density at radius 3 is 2.15 bits per heavy atom. The van der Waals surface area contributed by atoms with E-state index in [2.05, 4.69) is 26.6 Å². The number of sulfonamides is 1. The Morgan fingerprint density at radius 1 is 1.00 bits per heavy atom. The Morgan fingerprint density at radius 2 is 1.58 bits per heavy atom. The number of carbonyl (C=O) groups is 2. The fraction of sp³-hybridized carbons (Fsp3) is 0.125. The minimum Gasteiger partial charge on any atom is -0.350 e. The van der Waals surface area contributed by atoms with Crippen LogP contribution < -0.4 is 15.8 Å². The summed E-state index contributed by atoms with van der Waals surface area (Å²) in [7, 11) is -3.94. The van der Waals surface area contributed by atoms with Gasteiger partial charge in [-0.05, 0) is 46.3 Å². The SMILES string of the molecule is NS(=O)(=O)c1ccc(Br)c(C(=O)NCCNC(=O)c2ccccc2F)c1. The second-order valence-electron chi connectivity index (χ2n) is 5.18. The summed E-state index contributed by atoms with van der Waals surface area (Å²) < 4.78 is 36.6. The van der Waals surface area contributed by atoms with Gasteiger partial charge in [0.2, 0.25) is 10.0 Å². The van der Waals surface area contributed by atoms with E-state index in [1.54, 1.807) is 0 Å². The van der Waals surface area contributed by atoms with Gasteiger partial charge in [0, 0.05) is 17.6 Å². The summed E-state index contributed by atoms with van der Waals surface area (Å²) in [4.78, 5) is 23.8. The summed E-state index contributed by atoms with van der Waals surface area (Å²) in [6.07, 6.45) is 0. The van der Waals surface area contributed by atoms with Gasteiger partial charge in [-0.15, -0.1) is 0 Å². The van der Waals surface area contributed by atoms with Crippen molar-refractivity contribution in [3.05, 3.63) is 63.9 Å². The van der Waals surface area contributed by atoms with Crippen molar-refractivity contribution >= 4 is 37.8 Å². The first-order valence-corrected chi connectivity index (χ1v) is 9.67. The monoisotopic (exact) mass is 443 g/mol. The lowest BCUT2D eigenvalue weighted by molar-refractivity contribution is 0.0925. The van der Waals surface area contributed by atoms with Crippen molar-refractivity contribution in [2.24, 2.45) is 5.14 Å². The molecule has 0 aliphatic heterocycles. The lowest BCUT2D eigenvalue weighted by Gasteiger charge is -2.09. The molecule has 2 rings (SSSR count). The number of benzene rings is 2. The predicted octanol–water partition coefficient (Wildman–Crippen LogP) is 1.40. The molecule has 0 heterocycles. The molecule has 7 nitrogen and oxygen atoms in total. The predicted molar refractivity (Wildman–Crippen MR) is 96.6 cm³/mol. The molecule has 4 N–H and O–H groups in total. The van der Waals surface area contributed by atoms with E-state index >= 15 is 0 Å². The number of hydrogen-bond donors (Lipinski definition) is 3. The van der Waals surface area contributed by atoms with Crippen LogP contribution in [0.15, 0.2) is 51.8 Å². The zero-order chi connectivity index (χ0) is 19.3. The van der Waals surface area contributed by atoms with E-state index in [1.165, 1.54) is 36.4 Å². The highest BCUT2D eigenvalue weighted by atomic mass is 79.9. The van der Waals surface area contributed by atoms with Crippen LogP contribution in [0, 0.1) is 5.82 Å². The van der Waals surface area contributed by atoms with Crippen molar-refractivity contribution in [2.45, 2.75) is 4.90 Å². The van der Waals surface area contributed by atoms with E-state index in [0.29, 0.717) is 4.47 Å². The second-order valence-corrected chi connectivity index (χ2v) is 7.59. The summed E-state index contributed by atoms with van der Waals surface area (Å²) in [5.41, 5.74) is -0.0145. The van der Waals surface area contributed by atoms with Gasteiger partial charge >= 0.3 is 0 Å². The van der Waals surface area contributed by atoms with Crippen molar-refractivity contribution in [3.8, 4) is 0 Å². The van der Waals surface area contributed by atoms with Crippen LogP contribution >= 0.6 is 15.9 Å². The smallest absolute Gasteiger partial charge is 0.254 e. The summed E-state index contributed by atoms with van der Waals surface area (Å²) in [5.74, 6) is -1.80. The Hall–Kier alpha value is -2.30. The maximum atomic E-state index is 13.5. The lowest BCUT2D eigenvalue weighted by atomic mass is 10.2. The number of hydrogen-bond acceptors (Lipinski definition) is 4. The Balaban J connectivity index is 1.93. The normalized spacial score (nSPS) is 11.0. The lowest BCUT2D eigenvalue weighted by Crippen LogP contribution is -2.35.